The normalized spacial score (nSPS) is 12.8. The van der Waals surface area contributed by atoms with Gasteiger partial charge in [0.15, 0.2) is 0 Å². The predicted octanol–water partition coefficient (Wildman–Crippen LogP) is 2.49. The smallest absolute Gasteiger partial charge is 0.332 e. The Hall–Kier alpha value is -0.810. The zero-order valence-corrected chi connectivity index (χ0v) is 20.9. The van der Waals surface area contributed by atoms with Gasteiger partial charge in [0, 0.05) is 6.61 Å². The van der Waals surface area contributed by atoms with Crippen LogP contribution < -0.4 is 0 Å². The second-order valence-corrected chi connectivity index (χ2v) is 8.29. The van der Waals surface area contributed by atoms with Gasteiger partial charge in [-0.1, -0.05) is 20.3 Å². The van der Waals surface area contributed by atoms with Crippen LogP contribution in [0.25, 0.3) is 0 Å². The first-order chi connectivity index (χ1) is 15.3. The van der Waals surface area contributed by atoms with Gasteiger partial charge >= 0.3 is 5.97 Å². The molecule has 0 aliphatic heterocycles. The van der Waals surface area contributed by atoms with Crippen molar-refractivity contribution in [2.24, 2.45) is 5.92 Å². The predicted molar refractivity (Wildman–Crippen MR) is 121 cm³/mol. The van der Waals surface area contributed by atoms with Gasteiger partial charge in [-0.2, -0.15) is 0 Å². The maximum absolute atomic E-state index is 11.4. The zero-order valence-electron chi connectivity index (χ0n) is 20.9. The minimum absolute atomic E-state index is 0.0707. The molecule has 0 saturated heterocycles. The Morgan fingerprint density at radius 3 is 1.31 bits per heavy atom. The lowest BCUT2D eigenvalue weighted by Gasteiger charge is -2.19. The van der Waals surface area contributed by atoms with E-state index in [1.54, 1.807) is 0 Å². The molecule has 0 rings (SSSR count). The van der Waals surface area contributed by atoms with Crippen LogP contribution in [0.15, 0.2) is 0 Å². The van der Waals surface area contributed by atoms with E-state index in [0.717, 1.165) is 13.0 Å². The molecule has 0 aliphatic rings. The fourth-order valence-electron chi connectivity index (χ4n) is 2.15. The van der Waals surface area contributed by atoms with Gasteiger partial charge in [-0.05, 0) is 26.7 Å². The van der Waals surface area contributed by atoms with E-state index in [9.17, 15) is 4.79 Å². The molecule has 0 radical (unpaired) electrons. The van der Waals surface area contributed by atoms with Gasteiger partial charge in [-0.15, -0.1) is 0 Å². The highest BCUT2D eigenvalue weighted by Crippen LogP contribution is 2.06. The number of rotatable bonds is 23. The minimum atomic E-state index is -0.498. The lowest BCUT2D eigenvalue weighted by atomic mass is 10.1. The molecular formula is C23H46O9. The summed E-state index contributed by atoms with van der Waals surface area (Å²) < 4.78 is 42.9. The molecule has 1 unspecified atom stereocenters. The summed E-state index contributed by atoms with van der Waals surface area (Å²) in [6.07, 6.45) is 1.13. The summed E-state index contributed by atoms with van der Waals surface area (Å²) in [4.78, 5) is 11.4. The maximum Gasteiger partial charge on any atom is 0.332 e. The van der Waals surface area contributed by atoms with Gasteiger partial charge in [0.25, 0.3) is 0 Å². The SMILES string of the molecule is CCC(C)COCCOCCOCCOCCOCCOCCOCC(=O)OC(C)(C)C. The second kappa shape index (κ2) is 22.0. The van der Waals surface area contributed by atoms with E-state index in [4.69, 9.17) is 37.9 Å². The second-order valence-electron chi connectivity index (χ2n) is 8.29. The molecule has 0 aromatic heterocycles. The number of hydrogen-bond acceptors (Lipinski definition) is 9. The number of esters is 1. The van der Waals surface area contributed by atoms with E-state index in [2.05, 4.69) is 13.8 Å². The molecule has 9 heteroatoms. The van der Waals surface area contributed by atoms with E-state index < -0.39 is 5.60 Å². The number of ether oxygens (including phenoxy) is 8. The molecule has 0 aromatic rings. The Morgan fingerprint density at radius 1 is 0.625 bits per heavy atom. The van der Waals surface area contributed by atoms with Crippen molar-refractivity contribution in [2.45, 2.75) is 46.6 Å². The summed E-state index contributed by atoms with van der Waals surface area (Å²) >= 11 is 0. The first-order valence-electron chi connectivity index (χ1n) is 11.6. The van der Waals surface area contributed by atoms with Crippen LogP contribution in [0, 0.1) is 5.92 Å². The van der Waals surface area contributed by atoms with Crippen LogP contribution in [0.4, 0.5) is 0 Å². The molecule has 9 nitrogen and oxygen atoms in total. The first kappa shape index (κ1) is 31.2. The summed E-state index contributed by atoms with van der Waals surface area (Å²) in [5.74, 6) is 0.221. The van der Waals surface area contributed by atoms with Gasteiger partial charge in [0.05, 0.1) is 79.3 Å². The van der Waals surface area contributed by atoms with Gasteiger partial charge in [-0.25, -0.2) is 4.79 Å². The van der Waals surface area contributed by atoms with Crippen LogP contribution in [0.3, 0.4) is 0 Å². The third-order valence-electron chi connectivity index (χ3n) is 3.97. The quantitative estimate of drug-likeness (QED) is 0.166. The van der Waals surface area contributed by atoms with Crippen LogP contribution in [-0.4, -0.2) is 104 Å². The topological polar surface area (TPSA) is 90.9 Å². The van der Waals surface area contributed by atoms with E-state index >= 15 is 0 Å². The van der Waals surface area contributed by atoms with Crippen molar-refractivity contribution < 1.29 is 42.7 Å². The van der Waals surface area contributed by atoms with Crippen LogP contribution >= 0.6 is 0 Å². The van der Waals surface area contributed by atoms with Crippen molar-refractivity contribution >= 4 is 5.97 Å². The van der Waals surface area contributed by atoms with Crippen molar-refractivity contribution in [3.8, 4) is 0 Å². The van der Waals surface area contributed by atoms with Crippen LogP contribution in [0.1, 0.15) is 41.0 Å². The molecule has 0 aliphatic carbocycles. The third kappa shape index (κ3) is 25.5. The molecule has 0 saturated carbocycles. The molecule has 0 amide bonds. The van der Waals surface area contributed by atoms with Crippen molar-refractivity contribution in [1.82, 2.24) is 0 Å². The van der Waals surface area contributed by atoms with Gasteiger partial charge in [0.2, 0.25) is 0 Å². The Morgan fingerprint density at radius 2 is 0.969 bits per heavy atom. The Bertz CT molecular complexity index is 413. The summed E-state index contributed by atoms with van der Waals surface area (Å²) in [5, 5.41) is 0. The summed E-state index contributed by atoms with van der Waals surface area (Å²) in [6.45, 7) is 16.5. The van der Waals surface area contributed by atoms with Crippen molar-refractivity contribution in [1.29, 1.82) is 0 Å². The van der Waals surface area contributed by atoms with Crippen molar-refractivity contribution in [3.05, 3.63) is 0 Å². The van der Waals surface area contributed by atoms with Crippen molar-refractivity contribution in [2.75, 3.05) is 92.5 Å². The molecule has 0 spiro atoms. The van der Waals surface area contributed by atoms with Gasteiger partial charge in [-0.3, -0.25) is 0 Å². The summed E-state index contributed by atoms with van der Waals surface area (Å²) in [7, 11) is 0. The molecule has 1 atom stereocenters. The summed E-state index contributed by atoms with van der Waals surface area (Å²) in [5.41, 5.74) is -0.498. The first-order valence-corrected chi connectivity index (χ1v) is 11.6. The van der Waals surface area contributed by atoms with E-state index in [-0.39, 0.29) is 12.6 Å². The van der Waals surface area contributed by atoms with E-state index in [0.29, 0.717) is 85.2 Å². The summed E-state index contributed by atoms with van der Waals surface area (Å²) in [6, 6.07) is 0. The molecule has 32 heavy (non-hydrogen) atoms. The molecule has 0 fully saturated rings. The van der Waals surface area contributed by atoms with Gasteiger partial charge in [0.1, 0.15) is 12.2 Å². The molecule has 0 N–H and O–H groups in total. The maximum atomic E-state index is 11.4. The highest BCUT2D eigenvalue weighted by Gasteiger charge is 2.15. The average molecular weight is 467 g/mol. The monoisotopic (exact) mass is 466 g/mol. The number of carbonyl (C=O) groups excluding carboxylic acids is 1. The third-order valence-corrected chi connectivity index (χ3v) is 3.97. The average Bonchev–Trinajstić information content (AvgIpc) is 2.73. The van der Waals surface area contributed by atoms with Crippen LogP contribution in [-0.2, 0) is 42.7 Å². The Labute approximate surface area is 194 Å². The van der Waals surface area contributed by atoms with Crippen LogP contribution in [0.5, 0.6) is 0 Å². The fraction of sp³-hybridized carbons (Fsp3) is 0.957. The lowest BCUT2D eigenvalue weighted by Crippen LogP contribution is -2.27. The van der Waals surface area contributed by atoms with Crippen LogP contribution in [0.2, 0.25) is 0 Å². The molecule has 192 valence electrons. The Balaban J connectivity index is 3.13. The fourth-order valence-corrected chi connectivity index (χ4v) is 2.15. The number of hydrogen-bond donors (Lipinski definition) is 0. The van der Waals surface area contributed by atoms with E-state index in [1.165, 1.54) is 0 Å². The molecule has 0 bridgehead atoms. The largest absolute Gasteiger partial charge is 0.458 e. The highest BCUT2D eigenvalue weighted by atomic mass is 16.6. The Kier molecular flexibility index (Phi) is 21.4. The zero-order chi connectivity index (χ0) is 23.9. The lowest BCUT2D eigenvalue weighted by molar-refractivity contribution is -0.160. The van der Waals surface area contributed by atoms with E-state index in [1.807, 2.05) is 20.8 Å². The van der Waals surface area contributed by atoms with Crippen molar-refractivity contribution in [3.63, 3.8) is 0 Å². The van der Waals surface area contributed by atoms with Gasteiger partial charge < -0.3 is 37.9 Å². The molecule has 0 aromatic carbocycles. The standard InChI is InChI=1S/C23H46O9/c1-6-21(2)19-30-17-15-28-13-11-26-9-7-25-8-10-27-12-14-29-16-18-31-20-22(24)32-23(3,4)5/h21H,6-20H2,1-5H3. The number of carbonyl (C=O) groups is 1. The highest BCUT2D eigenvalue weighted by molar-refractivity contribution is 5.71. The minimum Gasteiger partial charge on any atom is -0.458 e. The molecule has 0 heterocycles. The molecular weight excluding hydrogens is 420 g/mol.